The molecule has 0 unspecified atom stereocenters. The van der Waals surface area contributed by atoms with E-state index in [2.05, 4.69) is 25.9 Å². The number of nitrogen functional groups attached to an aromatic ring is 1. The van der Waals surface area contributed by atoms with Crippen molar-refractivity contribution in [2.75, 3.05) is 12.8 Å². The van der Waals surface area contributed by atoms with E-state index in [9.17, 15) is 0 Å². The molecule has 5 nitrogen and oxygen atoms in total. The average molecular weight is 257 g/mol. The summed E-state index contributed by atoms with van der Waals surface area (Å²) in [4.78, 5) is 8.19. The maximum Gasteiger partial charge on any atom is 0.320 e. The molecule has 0 aliphatic rings. The number of anilines is 1. The molecule has 0 aliphatic carbocycles. The summed E-state index contributed by atoms with van der Waals surface area (Å²) < 4.78 is 7.68. The van der Waals surface area contributed by atoms with Crippen LogP contribution in [-0.2, 0) is 7.05 Å². The minimum Gasteiger partial charge on any atom is -0.467 e. The van der Waals surface area contributed by atoms with E-state index >= 15 is 0 Å². The summed E-state index contributed by atoms with van der Waals surface area (Å²) in [6, 6.07) is 0.281. The van der Waals surface area contributed by atoms with Crippen molar-refractivity contribution in [2.24, 2.45) is 7.05 Å². The van der Waals surface area contributed by atoms with Crippen LogP contribution in [-0.4, -0.2) is 21.6 Å². The zero-order chi connectivity index (χ0) is 10.3. The fraction of sp³-hybridized carbons (Fsp3) is 0.250. The third-order valence-electron chi connectivity index (χ3n) is 1.96. The van der Waals surface area contributed by atoms with Crippen LogP contribution in [0.1, 0.15) is 0 Å². The molecule has 0 spiro atoms. The van der Waals surface area contributed by atoms with Crippen LogP contribution in [0.3, 0.4) is 0 Å². The topological polar surface area (TPSA) is 66.0 Å². The van der Waals surface area contributed by atoms with Crippen molar-refractivity contribution < 1.29 is 4.74 Å². The summed E-state index contributed by atoms with van der Waals surface area (Å²) in [5, 5.41) is 0.813. The monoisotopic (exact) mass is 256 g/mol. The third kappa shape index (κ3) is 1.22. The predicted molar refractivity (Wildman–Crippen MR) is 57.2 cm³/mol. The van der Waals surface area contributed by atoms with Crippen molar-refractivity contribution in [1.82, 2.24) is 14.5 Å². The van der Waals surface area contributed by atoms with Crippen LogP contribution < -0.4 is 10.5 Å². The van der Waals surface area contributed by atoms with Gasteiger partial charge < -0.3 is 15.0 Å². The number of aryl methyl sites for hydroxylation is 1. The molecule has 0 saturated carbocycles. The molecule has 0 atom stereocenters. The van der Waals surface area contributed by atoms with Crippen LogP contribution in [0.2, 0.25) is 0 Å². The molecule has 0 aliphatic heterocycles. The number of hydrogen-bond donors (Lipinski definition) is 1. The molecule has 0 amide bonds. The Morgan fingerprint density at radius 2 is 2.21 bits per heavy atom. The van der Waals surface area contributed by atoms with Gasteiger partial charge in [0.05, 0.1) is 12.5 Å². The molecule has 0 radical (unpaired) electrons. The molecule has 0 fully saturated rings. The summed E-state index contributed by atoms with van der Waals surface area (Å²) in [7, 11) is 3.40. The second-order valence-electron chi connectivity index (χ2n) is 2.88. The number of ether oxygens (including phenoxy) is 1. The van der Waals surface area contributed by atoms with Crippen molar-refractivity contribution >= 4 is 32.8 Å². The zero-order valence-corrected chi connectivity index (χ0v) is 9.37. The Kier molecular flexibility index (Phi) is 2.07. The van der Waals surface area contributed by atoms with Gasteiger partial charge in [-0.25, -0.2) is 0 Å². The molecule has 2 heterocycles. The number of fused-ring (bicyclic) bond motifs is 1. The highest BCUT2D eigenvalue weighted by atomic mass is 79.9. The molecule has 14 heavy (non-hydrogen) atoms. The molecule has 2 aromatic rings. The fourth-order valence-corrected chi connectivity index (χ4v) is 2.00. The highest BCUT2D eigenvalue weighted by Crippen LogP contribution is 2.29. The minimum atomic E-state index is 0.281. The van der Waals surface area contributed by atoms with Gasteiger partial charge in [0, 0.05) is 17.7 Å². The van der Waals surface area contributed by atoms with Gasteiger partial charge in [-0.3, -0.25) is 0 Å². The average Bonchev–Trinajstić information content (AvgIpc) is 2.42. The molecule has 0 saturated heterocycles. The van der Waals surface area contributed by atoms with Crippen molar-refractivity contribution in [3.8, 4) is 6.01 Å². The lowest BCUT2D eigenvalue weighted by Gasteiger charge is -2.01. The van der Waals surface area contributed by atoms with E-state index in [-0.39, 0.29) is 6.01 Å². The minimum absolute atomic E-state index is 0.281. The highest BCUT2D eigenvalue weighted by Gasteiger charge is 2.12. The van der Waals surface area contributed by atoms with Gasteiger partial charge in [0.1, 0.15) is 11.5 Å². The van der Waals surface area contributed by atoms with Crippen molar-refractivity contribution in [3.63, 3.8) is 0 Å². The first-order valence-electron chi connectivity index (χ1n) is 3.95. The third-order valence-corrected chi connectivity index (χ3v) is 2.56. The van der Waals surface area contributed by atoms with Gasteiger partial charge in [-0.15, -0.1) is 0 Å². The Balaban J connectivity index is 2.86. The number of nitrogens with two attached hydrogens (primary N) is 1. The Morgan fingerprint density at radius 3 is 2.86 bits per heavy atom. The molecule has 2 N–H and O–H groups in total. The standard InChI is InChI=1S/C8H9BrN4O/c1-13-3-4(9)5-6(10)11-8(14-2)12-7(5)13/h3H,1-2H3,(H2,10,11,12). The predicted octanol–water partition coefficient (Wildman–Crippen LogP) is 1.32. The molecular formula is C8H9BrN4O. The second-order valence-corrected chi connectivity index (χ2v) is 3.74. The first-order valence-corrected chi connectivity index (χ1v) is 4.75. The summed E-state index contributed by atoms with van der Waals surface area (Å²) in [6.45, 7) is 0. The summed E-state index contributed by atoms with van der Waals surface area (Å²) in [5.41, 5.74) is 6.52. The van der Waals surface area contributed by atoms with Crippen LogP contribution in [0, 0.1) is 0 Å². The molecule has 0 bridgehead atoms. The van der Waals surface area contributed by atoms with Crippen molar-refractivity contribution in [3.05, 3.63) is 10.7 Å². The van der Waals surface area contributed by atoms with Gasteiger partial charge in [0.15, 0.2) is 0 Å². The van der Waals surface area contributed by atoms with Crippen molar-refractivity contribution in [2.45, 2.75) is 0 Å². The largest absolute Gasteiger partial charge is 0.467 e. The summed E-state index contributed by atoms with van der Waals surface area (Å²) in [5.74, 6) is 0.416. The Labute approximate surface area is 89.0 Å². The molecule has 6 heteroatoms. The molecule has 0 aromatic carbocycles. The Morgan fingerprint density at radius 1 is 1.50 bits per heavy atom. The van der Waals surface area contributed by atoms with Gasteiger partial charge in [0.25, 0.3) is 0 Å². The van der Waals surface area contributed by atoms with Crippen LogP contribution in [0.15, 0.2) is 10.7 Å². The Bertz CT molecular complexity index is 494. The van der Waals surface area contributed by atoms with Crippen LogP contribution in [0.4, 0.5) is 5.82 Å². The lowest BCUT2D eigenvalue weighted by atomic mass is 10.4. The SMILES string of the molecule is COc1nc(N)c2c(Br)cn(C)c2n1. The van der Waals surface area contributed by atoms with E-state index < -0.39 is 0 Å². The van der Waals surface area contributed by atoms with Crippen LogP contribution in [0.5, 0.6) is 6.01 Å². The maximum atomic E-state index is 5.77. The van der Waals surface area contributed by atoms with E-state index in [1.54, 1.807) is 0 Å². The summed E-state index contributed by atoms with van der Waals surface area (Å²) in [6.07, 6.45) is 1.88. The lowest BCUT2D eigenvalue weighted by Crippen LogP contribution is -1.99. The number of hydrogen-bond acceptors (Lipinski definition) is 4. The number of nitrogens with zero attached hydrogens (tertiary/aromatic N) is 3. The summed E-state index contributed by atoms with van der Waals surface area (Å²) >= 11 is 3.39. The maximum absolute atomic E-state index is 5.77. The highest BCUT2D eigenvalue weighted by molar-refractivity contribution is 9.10. The van der Waals surface area contributed by atoms with Gasteiger partial charge in [-0.2, -0.15) is 9.97 Å². The van der Waals surface area contributed by atoms with E-state index in [1.165, 1.54) is 7.11 Å². The second kappa shape index (κ2) is 3.13. The van der Waals surface area contributed by atoms with E-state index in [0.717, 1.165) is 15.5 Å². The van der Waals surface area contributed by atoms with Crippen LogP contribution in [0.25, 0.3) is 11.0 Å². The Hall–Kier alpha value is -1.30. The molecule has 2 aromatic heterocycles. The fourth-order valence-electron chi connectivity index (χ4n) is 1.32. The normalized spacial score (nSPS) is 10.8. The van der Waals surface area contributed by atoms with Crippen molar-refractivity contribution in [1.29, 1.82) is 0 Å². The molecular weight excluding hydrogens is 248 g/mol. The quantitative estimate of drug-likeness (QED) is 0.836. The van der Waals surface area contributed by atoms with E-state index in [1.807, 2.05) is 17.8 Å². The van der Waals surface area contributed by atoms with E-state index in [4.69, 9.17) is 10.5 Å². The van der Waals surface area contributed by atoms with Crippen LogP contribution >= 0.6 is 15.9 Å². The number of rotatable bonds is 1. The van der Waals surface area contributed by atoms with E-state index in [0.29, 0.717) is 5.82 Å². The van der Waals surface area contributed by atoms with Gasteiger partial charge in [-0.1, -0.05) is 0 Å². The smallest absolute Gasteiger partial charge is 0.320 e. The lowest BCUT2D eigenvalue weighted by molar-refractivity contribution is 0.382. The number of halogens is 1. The number of aromatic nitrogens is 3. The van der Waals surface area contributed by atoms with Gasteiger partial charge in [0.2, 0.25) is 0 Å². The van der Waals surface area contributed by atoms with Gasteiger partial charge in [-0.05, 0) is 15.9 Å². The first-order chi connectivity index (χ1) is 6.63. The number of methoxy groups -OCH3 is 1. The first kappa shape index (κ1) is 9.26. The molecule has 2 rings (SSSR count). The van der Waals surface area contributed by atoms with Gasteiger partial charge >= 0.3 is 6.01 Å². The zero-order valence-electron chi connectivity index (χ0n) is 7.78. The molecule has 74 valence electrons.